The molecule has 3 heteroatoms. The first-order chi connectivity index (χ1) is 7.65. The zero-order valence-electron chi connectivity index (χ0n) is 10.8. The Labute approximate surface area is 98.9 Å². The number of hydrogen-bond donors (Lipinski definition) is 1. The normalized spacial score (nSPS) is 21.4. The summed E-state index contributed by atoms with van der Waals surface area (Å²) < 4.78 is 4.99. The Hall–Kier alpha value is -0.570. The monoisotopic (exact) mass is 227 g/mol. The van der Waals surface area contributed by atoms with Crippen molar-refractivity contribution in [1.29, 1.82) is 0 Å². The van der Waals surface area contributed by atoms with E-state index in [0.29, 0.717) is 12.6 Å². The Bertz CT molecular complexity index is 212. The van der Waals surface area contributed by atoms with Crippen molar-refractivity contribution >= 4 is 5.97 Å². The van der Waals surface area contributed by atoms with Crippen LogP contribution in [0.4, 0.5) is 0 Å². The standard InChI is InChI=1S/C13H25NO2/c1-4-16-13(15)11(3)14-10(2)12-8-6-5-7-9-12/h10-12,14H,4-9H2,1-3H3. The van der Waals surface area contributed by atoms with Crippen molar-refractivity contribution in [2.75, 3.05) is 6.61 Å². The third-order valence-corrected chi connectivity index (χ3v) is 3.51. The minimum absolute atomic E-state index is 0.134. The Balaban J connectivity index is 2.31. The van der Waals surface area contributed by atoms with Gasteiger partial charge in [0.1, 0.15) is 6.04 Å². The first-order valence-electron chi connectivity index (χ1n) is 6.57. The summed E-state index contributed by atoms with van der Waals surface area (Å²) in [6.07, 6.45) is 6.64. The second-order valence-corrected chi connectivity index (χ2v) is 4.83. The highest BCUT2D eigenvalue weighted by molar-refractivity contribution is 5.75. The highest BCUT2D eigenvalue weighted by Crippen LogP contribution is 2.26. The average molecular weight is 227 g/mol. The van der Waals surface area contributed by atoms with E-state index in [1.165, 1.54) is 32.1 Å². The van der Waals surface area contributed by atoms with Crippen molar-refractivity contribution in [3.05, 3.63) is 0 Å². The lowest BCUT2D eigenvalue weighted by Gasteiger charge is -2.30. The highest BCUT2D eigenvalue weighted by atomic mass is 16.5. The molecule has 0 amide bonds. The van der Waals surface area contributed by atoms with Crippen LogP contribution in [0.2, 0.25) is 0 Å². The van der Waals surface area contributed by atoms with Gasteiger partial charge >= 0.3 is 5.97 Å². The molecule has 0 bridgehead atoms. The van der Waals surface area contributed by atoms with E-state index in [-0.39, 0.29) is 12.0 Å². The zero-order chi connectivity index (χ0) is 12.0. The van der Waals surface area contributed by atoms with Crippen molar-refractivity contribution in [2.24, 2.45) is 5.92 Å². The summed E-state index contributed by atoms with van der Waals surface area (Å²) in [6.45, 7) is 6.38. The summed E-state index contributed by atoms with van der Waals surface area (Å²) in [5.74, 6) is 0.593. The maximum Gasteiger partial charge on any atom is 0.322 e. The fourth-order valence-corrected chi connectivity index (χ4v) is 2.50. The van der Waals surface area contributed by atoms with Crippen LogP contribution in [0.3, 0.4) is 0 Å². The van der Waals surface area contributed by atoms with Crippen molar-refractivity contribution < 1.29 is 9.53 Å². The van der Waals surface area contributed by atoms with Crippen LogP contribution in [0.15, 0.2) is 0 Å². The van der Waals surface area contributed by atoms with Crippen LogP contribution in [0.5, 0.6) is 0 Å². The van der Waals surface area contributed by atoms with Crippen LogP contribution in [0.25, 0.3) is 0 Å². The van der Waals surface area contributed by atoms with E-state index in [1.807, 2.05) is 13.8 Å². The molecule has 1 aliphatic carbocycles. The molecule has 1 fully saturated rings. The molecule has 0 spiro atoms. The lowest BCUT2D eigenvalue weighted by atomic mass is 9.84. The molecule has 1 aliphatic rings. The van der Waals surface area contributed by atoms with Crippen LogP contribution in [0, 0.1) is 5.92 Å². The quantitative estimate of drug-likeness (QED) is 0.733. The Morgan fingerprint density at radius 2 is 1.94 bits per heavy atom. The van der Waals surface area contributed by atoms with Crippen molar-refractivity contribution in [2.45, 2.75) is 65.0 Å². The molecule has 0 saturated heterocycles. The van der Waals surface area contributed by atoms with Gasteiger partial charge in [-0.25, -0.2) is 0 Å². The molecule has 0 aromatic heterocycles. The second kappa shape index (κ2) is 6.89. The van der Waals surface area contributed by atoms with Crippen LogP contribution >= 0.6 is 0 Å². The summed E-state index contributed by atoms with van der Waals surface area (Å²) >= 11 is 0. The highest BCUT2D eigenvalue weighted by Gasteiger charge is 2.23. The molecule has 94 valence electrons. The SMILES string of the molecule is CCOC(=O)C(C)NC(C)C1CCCCC1. The van der Waals surface area contributed by atoms with Gasteiger partial charge in [0.2, 0.25) is 0 Å². The Morgan fingerprint density at radius 3 is 2.50 bits per heavy atom. The first-order valence-corrected chi connectivity index (χ1v) is 6.57. The summed E-state index contributed by atoms with van der Waals surface area (Å²) in [6, 6.07) is 0.233. The van der Waals surface area contributed by atoms with Gasteiger partial charge < -0.3 is 10.1 Å². The molecule has 0 radical (unpaired) electrons. The minimum atomic E-state index is -0.183. The van der Waals surface area contributed by atoms with Gasteiger partial charge in [-0.15, -0.1) is 0 Å². The van der Waals surface area contributed by atoms with Crippen molar-refractivity contribution in [3.63, 3.8) is 0 Å². The van der Waals surface area contributed by atoms with Gasteiger partial charge in [-0.05, 0) is 39.5 Å². The Kier molecular flexibility index (Phi) is 5.81. The predicted octanol–water partition coefficient (Wildman–Crippen LogP) is 2.50. The molecule has 16 heavy (non-hydrogen) atoms. The topological polar surface area (TPSA) is 38.3 Å². The minimum Gasteiger partial charge on any atom is -0.465 e. The molecule has 1 N–H and O–H groups in total. The largest absolute Gasteiger partial charge is 0.465 e. The smallest absolute Gasteiger partial charge is 0.322 e. The van der Waals surface area contributed by atoms with Crippen molar-refractivity contribution in [3.8, 4) is 0 Å². The van der Waals surface area contributed by atoms with E-state index in [0.717, 1.165) is 5.92 Å². The van der Waals surface area contributed by atoms with E-state index in [4.69, 9.17) is 4.74 Å². The number of hydrogen-bond acceptors (Lipinski definition) is 3. The molecular formula is C13H25NO2. The predicted molar refractivity (Wildman–Crippen MR) is 65.3 cm³/mol. The number of ether oxygens (including phenoxy) is 1. The first kappa shape index (κ1) is 13.5. The number of esters is 1. The maximum atomic E-state index is 11.5. The zero-order valence-corrected chi connectivity index (χ0v) is 10.8. The number of rotatable bonds is 5. The van der Waals surface area contributed by atoms with E-state index >= 15 is 0 Å². The van der Waals surface area contributed by atoms with Gasteiger partial charge in [0.05, 0.1) is 6.61 Å². The Morgan fingerprint density at radius 1 is 1.31 bits per heavy atom. The van der Waals surface area contributed by atoms with E-state index in [9.17, 15) is 4.79 Å². The molecule has 0 aromatic carbocycles. The van der Waals surface area contributed by atoms with Crippen LogP contribution in [-0.4, -0.2) is 24.7 Å². The van der Waals surface area contributed by atoms with Gasteiger partial charge in [0.15, 0.2) is 0 Å². The summed E-state index contributed by atoms with van der Waals surface area (Å²) in [5.41, 5.74) is 0. The number of nitrogens with one attached hydrogen (secondary N) is 1. The lowest BCUT2D eigenvalue weighted by molar-refractivity contribution is -0.145. The molecule has 0 heterocycles. The van der Waals surface area contributed by atoms with Gasteiger partial charge in [0.25, 0.3) is 0 Å². The summed E-state index contributed by atoms with van der Waals surface area (Å²) in [5, 5.41) is 3.36. The molecular weight excluding hydrogens is 202 g/mol. The molecule has 0 aromatic rings. The van der Waals surface area contributed by atoms with E-state index in [2.05, 4.69) is 12.2 Å². The second-order valence-electron chi connectivity index (χ2n) is 4.83. The molecule has 1 rings (SSSR count). The van der Waals surface area contributed by atoms with E-state index in [1.54, 1.807) is 0 Å². The third kappa shape index (κ3) is 4.12. The van der Waals surface area contributed by atoms with Gasteiger partial charge in [0, 0.05) is 6.04 Å². The summed E-state index contributed by atoms with van der Waals surface area (Å²) in [7, 11) is 0. The molecule has 3 nitrogen and oxygen atoms in total. The summed E-state index contributed by atoms with van der Waals surface area (Å²) in [4.78, 5) is 11.5. The number of carbonyl (C=O) groups is 1. The lowest BCUT2D eigenvalue weighted by Crippen LogP contribution is -2.44. The molecule has 1 saturated carbocycles. The third-order valence-electron chi connectivity index (χ3n) is 3.51. The van der Waals surface area contributed by atoms with Crippen LogP contribution in [0.1, 0.15) is 52.9 Å². The fraction of sp³-hybridized carbons (Fsp3) is 0.923. The van der Waals surface area contributed by atoms with Crippen molar-refractivity contribution in [1.82, 2.24) is 5.32 Å². The fourth-order valence-electron chi connectivity index (χ4n) is 2.50. The van der Waals surface area contributed by atoms with Gasteiger partial charge in [-0.2, -0.15) is 0 Å². The number of carbonyl (C=O) groups excluding carboxylic acids is 1. The average Bonchev–Trinajstić information content (AvgIpc) is 2.30. The van der Waals surface area contributed by atoms with Crippen LogP contribution < -0.4 is 5.32 Å². The molecule has 0 aliphatic heterocycles. The van der Waals surface area contributed by atoms with Gasteiger partial charge in [-0.3, -0.25) is 4.79 Å². The van der Waals surface area contributed by atoms with Crippen LogP contribution in [-0.2, 0) is 9.53 Å². The maximum absolute atomic E-state index is 11.5. The molecule has 2 unspecified atom stereocenters. The van der Waals surface area contributed by atoms with E-state index < -0.39 is 0 Å². The molecule has 2 atom stereocenters. The van der Waals surface area contributed by atoms with Gasteiger partial charge in [-0.1, -0.05) is 19.3 Å².